The van der Waals surface area contributed by atoms with Gasteiger partial charge in [-0.1, -0.05) is 6.07 Å². The van der Waals surface area contributed by atoms with Crippen LogP contribution in [0.4, 0.5) is 4.39 Å². The molecule has 1 aromatic heterocycles. The highest BCUT2D eigenvalue weighted by Crippen LogP contribution is 2.14. The molecule has 0 saturated carbocycles. The molecule has 0 bridgehead atoms. The zero-order valence-electron chi connectivity index (χ0n) is 7.26. The van der Waals surface area contributed by atoms with Crippen LogP contribution in [-0.2, 0) is 0 Å². The van der Waals surface area contributed by atoms with Gasteiger partial charge in [0, 0.05) is 0 Å². The van der Waals surface area contributed by atoms with Gasteiger partial charge in [-0.05, 0) is 18.6 Å². The fraction of sp³-hybridized carbons (Fsp3) is 0.111. The lowest BCUT2D eigenvalue weighted by Gasteiger charge is -1.99. The zero-order chi connectivity index (χ0) is 10.3. The molecule has 4 nitrogen and oxygen atoms in total. The summed E-state index contributed by atoms with van der Waals surface area (Å²) in [5.74, 6) is -1.56. The number of hydrogen-bond acceptors (Lipinski definition) is 3. The number of benzene rings is 1. The summed E-state index contributed by atoms with van der Waals surface area (Å²) in [6.45, 7) is 1.54. The molecule has 14 heavy (non-hydrogen) atoms. The van der Waals surface area contributed by atoms with E-state index in [1.165, 1.54) is 12.1 Å². The van der Waals surface area contributed by atoms with Gasteiger partial charge in [-0.2, -0.15) is 0 Å². The van der Waals surface area contributed by atoms with Gasteiger partial charge in [0.2, 0.25) is 0 Å². The van der Waals surface area contributed by atoms with E-state index in [9.17, 15) is 14.0 Å². The van der Waals surface area contributed by atoms with Gasteiger partial charge in [0.25, 0.3) is 0 Å². The highest BCUT2D eigenvalue weighted by atomic mass is 19.1. The normalized spacial score (nSPS) is 10.7. The minimum absolute atomic E-state index is 0.0349. The highest BCUT2D eigenvalue weighted by molar-refractivity contribution is 5.78. The van der Waals surface area contributed by atoms with Crippen LogP contribution in [0.5, 0.6) is 0 Å². The van der Waals surface area contributed by atoms with Gasteiger partial charge in [0.15, 0.2) is 5.82 Å². The highest BCUT2D eigenvalue weighted by Gasteiger charge is 2.08. The molecule has 0 fully saturated rings. The van der Waals surface area contributed by atoms with Gasteiger partial charge in [-0.15, -0.1) is 0 Å². The maximum absolute atomic E-state index is 13.4. The fourth-order valence-corrected chi connectivity index (χ4v) is 1.24. The molecule has 72 valence electrons. The molecule has 1 aromatic carbocycles. The molecule has 0 atom stereocenters. The number of hydrogen-bond donors (Lipinski definition) is 1. The molecule has 0 aliphatic heterocycles. The third-order valence-corrected chi connectivity index (χ3v) is 1.97. The molecule has 1 heterocycles. The van der Waals surface area contributed by atoms with E-state index in [0.717, 1.165) is 0 Å². The van der Waals surface area contributed by atoms with E-state index in [-0.39, 0.29) is 10.9 Å². The average Bonchev–Trinajstić information content (AvgIpc) is 2.12. The van der Waals surface area contributed by atoms with Crippen molar-refractivity contribution in [2.45, 2.75) is 6.92 Å². The van der Waals surface area contributed by atoms with E-state index in [2.05, 4.69) is 9.40 Å². The van der Waals surface area contributed by atoms with Crippen LogP contribution in [0.25, 0.3) is 10.9 Å². The molecule has 1 N–H and O–H groups in total. The lowest BCUT2D eigenvalue weighted by Crippen LogP contribution is -2.15. The van der Waals surface area contributed by atoms with E-state index in [1.54, 1.807) is 6.92 Å². The predicted molar refractivity (Wildman–Crippen MR) is 47.8 cm³/mol. The first-order valence-corrected chi connectivity index (χ1v) is 3.92. The number of aromatic nitrogens is 1. The van der Waals surface area contributed by atoms with Crippen molar-refractivity contribution in [1.29, 1.82) is 0 Å². The van der Waals surface area contributed by atoms with Gasteiger partial charge < -0.3 is 4.42 Å². The molecule has 2 rings (SSSR count). The molecule has 2 aromatic rings. The molecular formula is C9H6FNO3. The van der Waals surface area contributed by atoms with Crippen LogP contribution < -0.4 is 11.4 Å². The number of halogens is 1. The van der Waals surface area contributed by atoms with Crippen molar-refractivity contribution >= 4 is 10.9 Å². The smallest absolute Gasteiger partial charge is 0.372 e. The summed E-state index contributed by atoms with van der Waals surface area (Å²) >= 11 is 0. The standard InChI is InChI=1S/C9H6FNO3/c1-4-2-3-5-7(6(4)10)11-9(13)14-8(5)12/h2-3H,1H3,(H,11,13). The fourth-order valence-electron chi connectivity index (χ4n) is 1.24. The van der Waals surface area contributed by atoms with E-state index in [1.807, 2.05) is 0 Å². The van der Waals surface area contributed by atoms with Crippen LogP contribution in [0.2, 0.25) is 0 Å². The molecule has 5 heteroatoms. The van der Waals surface area contributed by atoms with Crippen LogP contribution in [-0.4, -0.2) is 4.98 Å². The zero-order valence-corrected chi connectivity index (χ0v) is 7.26. The van der Waals surface area contributed by atoms with Gasteiger partial charge in [0.1, 0.15) is 0 Å². The Labute approximate surface area is 77.0 Å². The van der Waals surface area contributed by atoms with Crippen LogP contribution in [0.3, 0.4) is 0 Å². The quantitative estimate of drug-likeness (QED) is 0.680. The van der Waals surface area contributed by atoms with E-state index < -0.39 is 17.2 Å². The summed E-state index contributed by atoms with van der Waals surface area (Å²) in [6, 6.07) is 2.86. The second kappa shape index (κ2) is 2.80. The predicted octanol–water partition coefficient (Wildman–Crippen LogP) is 0.929. The van der Waals surface area contributed by atoms with E-state index in [4.69, 9.17) is 0 Å². The Morgan fingerprint density at radius 2 is 2.07 bits per heavy atom. The summed E-state index contributed by atoms with van der Waals surface area (Å²) in [4.78, 5) is 24.0. The molecule has 0 aliphatic carbocycles. The van der Waals surface area contributed by atoms with E-state index >= 15 is 0 Å². The van der Waals surface area contributed by atoms with Crippen molar-refractivity contribution in [2.75, 3.05) is 0 Å². The molecule has 0 saturated heterocycles. The third kappa shape index (κ3) is 1.14. The first-order valence-electron chi connectivity index (χ1n) is 3.92. The minimum Gasteiger partial charge on any atom is -0.372 e. The largest absolute Gasteiger partial charge is 0.419 e. The SMILES string of the molecule is Cc1ccc2c(=O)oc(=O)[nH]c2c1F. The maximum atomic E-state index is 13.4. The van der Waals surface area contributed by atoms with Crippen LogP contribution in [0.15, 0.2) is 26.1 Å². The molecule has 0 amide bonds. The summed E-state index contributed by atoms with van der Waals surface area (Å²) in [6.07, 6.45) is 0. The van der Waals surface area contributed by atoms with Gasteiger partial charge in [-0.3, -0.25) is 4.98 Å². The Kier molecular flexibility index (Phi) is 1.73. The summed E-state index contributed by atoms with van der Waals surface area (Å²) in [7, 11) is 0. The number of nitrogens with one attached hydrogen (secondary N) is 1. The van der Waals surface area contributed by atoms with Gasteiger partial charge >= 0.3 is 11.4 Å². The van der Waals surface area contributed by atoms with Crippen molar-refractivity contribution in [2.24, 2.45) is 0 Å². The molecular weight excluding hydrogens is 189 g/mol. The molecule has 0 unspecified atom stereocenters. The second-order valence-corrected chi connectivity index (χ2v) is 2.92. The molecule has 0 aliphatic rings. The summed E-state index contributed by atoms with van der Waals surface area (Å²) < 4.78 is 17.7. The number of H-pyrrole nitrogens is 1. The third-order valence-electron chi connectivity index (χ3n) is 1.97. The number of aromatic amines is 1. The topological polar surface area (TPSA) is 63.1 Å². The maximum Gasteiger partial charge on any atom is 0.419 e. The van der Waals surface area contributed by atoms with Crippen LogP contribution >= 0.6 is 0 Å². The Morgan fingerprint density at radius 1 is 1.36 bits per heavy atom. The number of rotatable bonds is 0. The van der Waals surface area contributed by atoms with Crippen molar-refractivity contribution < 1.29 is 8.81 Å². The monoisotopic (exact) mass is 195 g/mol. The second-order valence-electron chi connectivity index (χ2n) is 2.92. The Hall–Kier alpha value is -1.91. The van der Waals surface area contributed by atoms with E-state index in [0.29, 0.717) is 5.56 Å². The van der Waals surface area contributed by atoms with Crippen molar-refractivity contribution in [1.82, 2.24) is 4.98 Å². The molecule has 0 spiro atoms. The first kappa shape index (κ1) is 8.68. The Balaban J connectivity index is 3.10. The van der Waals surface area contributed by atoms with Gasteiger partial charge in [-0.25, -0.2) is 14.0 Å². The molecule has 0 radical (unpaired) electrons. The van der Waals surface area contributed by atoms with Crippen molar-refractivity contribution in [3.63, 3.8) is 0 Å². The lowest BCUT2D eigenvalue weighted by molar-refractivity contribution is 0.458. The van der Waals surface area contributed by atoms with Crippen LogP contribution in [0.1, 0.15) is 5.56 Å². The first-order chi connectivity index (χ1) is 6.59. The summed E-state index contributed by atoms with van der Waals surface area (Å²) in [5.41, 5.74) is -0.576. The number of fused-ring (bicyclic) bond motifs is 1. The van der Waals surface area contributed by atoms with Crippen LogP contribution in [0, 0.1) is 12.7 Å². The van der Waals surface area contributed by atoms with Crippen molar-refractivity contribution in [3.05, 3.63) is 44.5 Å². The number of aryl methyl sites for hydroxylation is 1. The minimum atomic E-state index is -0.952. The Morgan fingerprint density at radius 3 is 2.79 bits per heavy atom. The lowest BCUT2D eigenvalue weighted by atomic mass is 10.1. The van der Waals surface area contributed by atoms with Crippen molar-refractivity contribution in [3.8, 4) is 0 Å². The van der Waals surface area contributed by atoms with Gasteiger partial charge in [0.05, 0.1) is 10.9 Å². The average molecular weight is 195 g/mol. The Bertz CT molecular complexity index is 611. The summed E-state index contributed by atoms with van der Waals surface area (Å²) in [5, 5.41) is 0.0349.